The van der Waals surface area contributed by atoms with Crippen LogP contribution in [0.4, 0.5) is 0 Å². The maximum atomic E-state index is 12.2. The van der Waals surface area contributed by atoms with Crippen molar-refractivity contribution < 1.29 is 14.7 Å². The molecule has 0 aromatic carbocycles. The molecule has 0 aliphatic carbocycles. The van der Waals surface area contributed by atoms with E-state index < -0.39 is 17.9 Å². The van der Waals surface area contributed by atoms with Crippen LogP contribution in [-0.4, -0.2) is 26.8 Å². The van der Waals surface area contributed by atoms with Gasteiger partial charge >= 0.3 is 5.97 Å². The minimum Gasteiger partial charge on any atom is -0.479 e. The highest BCUT2D eigenvalue weighted by molar-refractivity contribution is 7.10. The molecule has 2 N–H and O–H groups in total. The lowest BCUT2D eigenvalue weighted by Crippen LogP contribution is -2.34. The number of aliphatic carboxylic acids is 1. The standard InChI is InChI=1S/C13H15N3O3S/c1-3-16-9(7-8(2)15-16)12(17)14-11(13(18)19)10-5-4-6-20-10/h4-7,11H,3H2,1-2H3,(H,14,17)(H,18,19). The monoisotopic (exact) mass is 293 g/mol. The molecule has 0 radical (unpaired) electrons. The molecular weight excluding hydrogens is 278 g/mol. The van der Waals surface area contributed by atoms with Crippen LogP contribution in [0.1, 0.15) is 34.0 Å². The van der Waals surface area contributed by atoms with Crippen molar-refractivity contribution in [2.24, 2.45) is 0 Å². The number of carboxylic acids is 1. The van der Waals surface area contributed by atoms with Gasteiger partial charge in [0.1, 0.15) is 5.69 Å². The maximum Gasteiger partial charge on any atom is 0.331 e. The topological polar surface area (TPSA) is 84.2 Å². The summed E-state index contributed by atoms with van der Waals surface area (Å²) in [4.78, 5) is 24.1. The van der Waals surface area contributed by atoms with E-state index in [0.717, 1.165) is 5.69 Å². The summed E-state index contributed by atoms with van der Waals surface area (Å²) < 4.78 is 1.55. The van der Waals surface area contributed by atoms with Gasteiger partial charge in [0.05, 0.1) is 5.69 Å². The second-order valence-electron chi connectivity index (χ2n) is 4.25. The lowest BCUT2D eigenvalue weighted by Gasteiger charge is -2.13. The Morgan fingerprint density at radius 2 is 2.30 bits per heavy atom. The van der Waals surface area contributed by atoms with Gasteiger partial charge in [0.25, 0.3) is 5.91 Å². The number of carbonyl (C=O) groups excluding carboxylic acids is 1. The molecule has 2 rings (SSSR count). The summed E-state index contributed by atoms with van der Waals surface area (Å²) in [6.45, 7) is 4.21. The minimum absolute atomic E-state index is 0.368. The largest absolute Gasteiger partial charge is 0.479 e. The van der Waals surface area contributed by atoms with Gasteiger partial charge in [-0.3, -0.25) is 9.48 Å². The Kier molecular flexibility index (Phi) is 4.19. The number of thiophene rings is 1. The number of hydrogen-bond donors (Lipinski definition) is 2. The van der Waals surface area contributed by atoms with Gasteiger partial charge in [-0.2, -0.15) is 5.10 Å². The smallest absolute Gasteiger partial charge is 0.331 e. The number of nitrogens with one attached hydrogen (secondary N) is 1. The van der Waals surface area contributed by atoms with Crippen LogP contribution in [-0.2, 0) is 11.3 Å². The number of aromatic nitrogens is 2. The number of carbonyl (C=O) groups is 2. The van der Waals surface area contributed by atoms with Crippen molar-refractivity contribution in [1.82, 2.24) is 15.1 Å². The van der Waals surface area contributed by atoms with Gasteiger partial charge in [0.15, 0.2) is 6.04 Å². The molecule has 2 aromatic rings. The molecule has 1 atom stereocenters. The van der Waals surface area contributed by atoms with E-state index in [0.29, 0.717) is 17.1 Å². The Morgan fingerprint density at radius 3 is 2.85 bits per heavy atom. The van der Waals surface area contributed by atoms with Crippen LogP contribution in [0.3, 0.4) is 0 Å². The molecule has 0 fully saturated rings. The number of aryl methyl sites for hydroxylation is 2. The first-order valence-corrected chi connectivity index (χ1v) is 7.02. The average molecular weight is 293 g/mol. The van der Waals surface area contributed by atoms with Crippen LogP contribution < -0.4 is 5.32 Å². The fraction of sp³-hybridized carbons (Fsp3) is 0.308. The van der Waals surface area contributed by atoms with Crippen LogP contribution >= 0.6 is 11.3 Å². The summed E-state index contributed by atoms with van der Waals surface area (Å²) in [5.74, 6) is -1.52. The van der Waals surface area contributed by atoms with Crippen LogP contribution in [0.25, 0.3) is 0 Å². The Bertz CT molecular complexity index is 619. The first-order chi connectivity index (χ1) is 9.52. The number of carboxylic acid groups (broad SMARTS) is 1. The highest BCUT2D eigenvalue weighted by atomic mass is 32.1. The van der Waals surface area contributed by atoms with E-state index in [1.165, 1.54) is 11.3 Å². The Hall–Kier alpha value is -2.15. The molecule has 20 heavy (non-hydrogen) atoms. The number of hydrogen-bond acceptors (Lipinski definition) is 4. The molecule has 0 aliphatic rings. The molecule has 0 saturated heterocycles. The minimum atomic E-state index is -1.08. The van der Waals surface area contributed by atoms with Crippen LogP contribution in [0.15, 0.2) is 23.6 Å². The molecule has 0 spiro atoms. The van der Waals surface area contributed by atoms with E-state index in [1.54, 1.807) is 35.2 Å². The van der Waals surface area contributed by atoms with E-state index in [4.69, 9.17) is 0 Å². The highest BCUT2D eigenvalue weighted by Crippen LogP contribution is 2.19. The quantitative estimate of drug-likeness (QED) is 0.881. The van der Waals surface area contributed by atoms with Crippen LogP contribution in [0, 0.1) is 6.92 Å². The molecule has 1 amide bonds. The van der Waals surface area contributed by atoms with E-state index >= 15 is 0 Å². The van der Waals surface area contributed by atoms with Crippen molar-refractivity contribution in [3.05, 3.63) is 39.8 Å². The van der Waals surface area contributed by atoms with E-state index in [1.807, 2.05) is 6.92 Å². The van der Waals surface area contributed by atoms with Gasteiger partial charge in [-0.25, -0.2) is 4.79 Å². The molecule has 2 heterocycles. The summed E-state index contributed by atoms with van der Waals surface area (Å²) in [5, 5.41) is 17.7. The Labute approximate surface area is 120 Å². The number of nitrogens with zero attached hydrogens (tertiary/aromatic N) is 2. The third kappa shape index (κ3) is 2.88. The molecule has 1 unspecified atom stereocenters. The molecule has 0 bridgehead atoms. The third-order valence-electron chi connectivity index (χ3n) is 2.78. The zero-order valence-electron chi connectivity index (χ0n) is 11.2. The van der Waals surface area contributed by atoms with Gasteiger partial charge in [0, 0.05) is 11.4 Å². The predicted molar refractivity (Wildman–Crippen MR) is 74.8 cm³/mol. The predicted octanol–water partition coefficient (Wildman–Crippen LogP) is 1.83. The summed E-state index contributed by atoms with van der Waals surface area (Å²) in [6, 6.07) is 4.05. The normalized spacial score (nSPS) is 12.1. The molecule has 6 nitrogen and oxygen atoms in total. The fourth-order valence-corrected chi connectivity index (χ4v) is 2.65. The van der Waals surface area contributed by atoms with E-state index in [-0.39, 0.29) is 0 Å². The summed E-state index contributed by atoms with van der Waals surface area (Å²) >= 11 is 1.29. The second-order valence-corrected chi connectivity index (χ2v) is 5.23. The van der Waals surface area contributed by atoms with Gasteiger partial charge in [-0.05, 0) is 31.4 Å². The van der Waals surface area contributed by atoms with Gasteiger partial charge < -0.3 is 10.4 Å². The lowest BCUT2D eigenvalue weighted by molar-refractivity contribution is -0.139. The third-order valence-corrected chi connectivity index (χ3v) is 3.72. The first-order valence-electron chi connectivity index (χ1n) is 6.14. The maximum absolute atomic E-state index is 12.2. The van der Waals surface area contributed by atoms with Gasteiger partial charge in [-0.1, -0.05) is 6.07 Å². The van der Waals surface area contributed by atoms with Crippen molar-refractivity contribution in [1.29, 1.82) is 0 Å². The molecule has 2 aromatic heterocycles. The van der Waals surface area contributed by atoms with Crippen LogP contribution in [0.2, 0.25) is 0 Å². The molecular formula is C13H15N3O3S. The number of rotatable bonds is 5. The molecule has 0 saturated carbocycles. The van der Waals surface area contributed by atoms with Gasteiger partial charge in [-0.15, -0.1) is 11.3 Å². The molecule has 106 valence electrons. The fourth-order valence-electron chi connectivity index (χ4n) is 1.88. The van der Waals surface area contributed by atoms with Crippen LogP contribution in [0.5, 0.6) is 0 Å². The lowest BCUT2D eigenvalue weighted by atomic mass is 10.2. The van der Waals surface area contributed by atoms with Crippen molar-refractivity contribution in [2.75, 3.05) is 0 Å². The Balaban J connectivity index is 2.23. The average Bonchev–Trinajstić information content (AvgIpc) is 3.04. The zero-order chi connectivity index (χ0) is 14.7. The second kappa shape index (κ2) is 5.87. The van der Waals surface area contributed by atoms with Crippen molar-refractivity contribution in [3.63, 3.8) is 0 Å². The van der Waals surface area contributed by atoms with Crippen molar-refractivity contribution in [3.8, 4) is 0 Å². The van der Waals surface area contributed by atoms with Crippen molar-refractivity contribution in [2.45, 2.75) is 26.4 Å². The molecule has 0 aliphatic heterocycles. The Morgan fingerprint density at radius 1 is 1.55 bits per heavy atom. The summed E-state index contributed by atoms with van der Waals surface area (Å²) in [5.41, 5.74) is 1.09. The van der Waals surface area contributed by atoms with Gasteiger partial charge in [0.2, 0.25) is 0 Å². The number of amides is 1. The first kappa shape index (κ1) is 14.3. The molecule has 7 heteroatoms. The van der Waals surface area contributed by atoms with E-state index in [2.05, 4.69) is 10.4 Å². The summed E-state index contributed by atoms with van der Waals surface area (Å²) in [7, 11) is 0. The van der Waals surface area contributed by atoms with Crippen molar-refractivity contribution >= 4 is 23.2 Å². The highest BCUT2D eigenvalue weighted by Gasteiger charge is 2.25. The zero-order valence-corrected chi connectivity index (χ0v) is 12.0. The summed E-state index contributed by atoms with van der Waals surface area (Å²) in [6.07, 6.45) is 0. The van der Waals surface area contributed by atoms with E-state index in [9.17, 15) is 14.7 Å². The SMILES string of the molecule is CCn1nc(C)cc1C(=O)NC(C(=O)O)c1cccs1.